The van der Waals surface area contributed by atoms with Crippen LogP contribution in [0, 0.1) is 5.92 Å². The van der Waals surface area contributed by atoms with Crippen molar-refractivity contribution in [2.45, 2.75) is 38.1 Å². The van der Waals surface area contributed by atoms with Gasteiger partial charge in [0.05, 0.1) is 0 Å². The van der Waals surface area contributed by atoms with Gasteiger partial charge in [-0.05, 0) is 24.4 Å². The largest absolute Gasteiger partial charge is 0.480 e. The number of carbonyl (C=O) groups is 1. The van der Waals surface area contributed by atoms with E-state index in [1.54, 1.807) is 0 Å². The van der Waals surface area contributed by atoms with E-state index in [2.05, 4.69) is 5.32 Å². The first kappa shape index (κ1) is 13.1. The van der Waals surface area contributed by atoms with E-state index in [1.165, 1.54) is 25.7 Å². The number of hydrogen-bond acceptors (Lipinski definition) is 2. The molecule has 1 aromatic rings. The predicted molar refractivity (Wildman–Crippen MR) is 71.4 cm³/mol. The zero-order valence-corrected chi connectivity index (χ0v) is 10.6. The molecule has 0 bridgehead atoms. The van der Waals surface area contributed by atoms with Gasteiger partial charge < -0.3 is 10.4 Å². The minimum absolute atomic E-state index is 0.576. The highest BCUT2D eigenvalue weighted by atomic mass is 16.4. The van der Waals surface area contributed by atoms with Gasteiger partial charge in [0.15, 0.2) is 0 Å². The number of carboxylic acid groups (broad SMARTS) is 1. The molecule has 3 nitrogen and oxygen atoms in total. The Morgan fingerprint density at radius 2 is 1.94 bits per heavy atom. The quantitative estimate of drug-likeness (QED) is 0.812. The summed E-state index contributed by atoms with van der Waals surface area (Å²) < 4.78 is 0. The van der Waals surface area contributed by atoms with Crippen molar-refractivity contribution in [1.82, 2.24) is 5.32 Å². The molecule has 1 aliphatic carbocycles. The summed E-state index contributed by atoms with van der Waals surface area (Å²) in [5, 5.41) is 12.4. The fraction of sp³-hybridized carbons (Fsp3) is 0.533. The molecule has 0 aliphatic heterocycles. The summed E-state index contributed by atoms with van der Waals surface area (Å²) in [6, 6.07) is 8.81. The van der Waals surface area contributed by atoms with Gasteiger partial charge >= 0.3 is 5.97 Å². The molecule has 0 amide bonds. The zero-order valence-electron chi connectivity index (χ0n) is 10.6. The highest BCUT2D eigenvalue weighted by Gasteiger charge is 2.20. The molecule has 0 heterocycles. The van der Waals surface area contributed by atoms with Gasteiger partial charge in [0.2, 0.25) is 0 Å². The standard InChI is InChI=1S/C15H21NO2/c17-15(18)14(13-8-2-1-3-9-13)16-11-10-12-6-4-5-7-12/h1-3,8-9,12,14,16H,4-7,10-11H2,(H,17,18). The summed E-state index contributed by atoms with van der Waals surface area (Å²) in [5.41, 5.74) is 0.830. The lowest BCUT2D eigenvalue weighted by atomic mass is 10.0. The average molecular weight is 247 g/mol. The van der Waals surface area contributed by atoms with Crippen molar-refractivity contribution < 1.29 is 9.90 Å². The first-order chi connectivity index (χ1) is 8.77. The van der Waals surface area contributed by atoms with Crippen LogP contribution in [0.4, 0.5) is 0 Å². The third kappa shape index (κ3) is 3.57. The Morgan fingerprint density at radius 3 is 2.56 bits per heavy atom. The van der Waals surface area contributed by atoms with Crippen molar-refractivity contribution in [1.29, 1.82) is 0 Å². The molecule has 1 saturated carbocycles. The smallest absolute Gasteiger partial charge is 0.325 e. The van der Waals surface area contributed by atoms with Gasteiger partial charge in [-0.15, -0.1) is 0 Å². The number of carboxylic acids is 1. The minimum atomic E-state index is -0.798. The Hall–Kier alpha value is -1.35. The van der Waals surface area contributed by atoms with E-state index >= 15 is 0 Å². The number of rotatable bonds is 6. The molecule has 1 unspecified atom stereocenters. The van der Waals surface area contributed by atoms with Gasteiger partial charge in [0, 0.05) is 0 Å². The molecule has 3 heteroatoms. The first-order valence-electron chi connectivity index (χ1n) is 6.78. The van der Waals surface area contributed by atoms with Gasteiger partial charge in [-0.25, -0.2) is 0 Å². The molecule has 98 valence electrons. The summed E-state index contributed by atoms with van der Waals surface area (Å²) >= 11 is 0. The molecule has 2 N–H and O–H groups in total. The van der Waals surface area contributed by atoms with Crippen LogP contribution in [-0.4, -0.2) is 17.6 Å². The number of benzene rings is 1. The van der Waals surface area contributed by atoms with Crippen molar-refractivity contribution in [3.63, 3.8) is 0 Å². The van der Waals surface area contributed by atoms with Crippen LogP contribution in [0.5, 0.6) is 0 Å². The molecule has 18 heavy (non-hydrogen) atoms. The van der Waals surface area contributed by atoms with Crippen LogP contribution >= 0.6 is 0 Å². The zero-order chi connectivity index (χ0) is 12.8. The topological polar surface area (TPSA) is 49.3 Å². The van der Waals surface area contributed by atoms with E-state index in [4.69, 9.17) is 0 Å². The summed E-state index contributed by atoms with van der Waals surface area (Å²) in [6.45, 7) is 0.788. The van der Waals surface area contributed by atoms with E-state index in [9.17, 15) is 9.90 Å². The van der Waals surface area contributed by atoms with Gasteiger partial charge in [-0.2, -0.15) is 0 Å². The number of hydrogen-bond donors (Lipinski definition) is 2. The Bertz CT molecular complexity index is 371. The van der Waals surface area contributed by atoms with E-state index in [1.807, 2.05) is 30.3 Å². The summed E-state index contributed by atoms with van der Waals surface area (Å²) in [5.74, 6) is -0.00431. The van der Waals surface area contributed by atoms with Gasteiger partial charge in [0.1, 0.15) is 6.04 Å². The van der Waals surface area contributed by atoms with Crippen LogP contribution < -0.4 is 5.32 Å². The Morgan fingerprint density at radius 1 is 1.28 bits per heavy atom. The molecule has 0 radical (unpaired) electrons. The Labute approximate surface area is 108 Å². The van der Waals surface area contributed by atoms with E-state index in [0.717, 1.165) is 24.4 Å². The summed E-state index contributed by atoms with van der Waals surface area (Å²) in [6.07, 6.45) is 6.39. The molecular weight excluding hydrogens is 226 g/mol. The van der Waals surface area contributed by atoms with Crippen LogP contribution in [0.25, 0.3) is 0 Å². The summed E-state index contributed by atoms with van der Waals surface area (Å²) in [7, 11) is 0. The Balaban J connectivity index is 1.85. The second kappa shape index (κ2) is 6.55. The van der Waals surface area contributed by atoms with E-state index in [0.29, 0.717) is 0 Å². The van der Waals surface area contributed by atoms with Crippen LogP contribution in [0.3, 0.4) is 0 Å². The lowest BCUT2D eigenvalue weighted by Gasteiger charge is -2.16. The molecule has 0 aromatic heterocycles. The van der Waals surface area contributed by atoms with Gasteiger partial charge in [-0.3, -0.25) is 4.79 Å². The molecule has 1 atom stereocenters. The highest BCUT2D eigenvalue weighted by Crippen LogP contribution is 2.27. The fourth-order valence-electron chi connectivity index (χ4n) is 2.72. The van der Waals surface area contributed by atoms with E-state index in [-0.39, 0.29) is 0 Å². The number of nitrogens with one attached hydrogen (secondary N) is 1. The first-order valence-corrected chi connectivity index (χ1v) is 6.78. The molecular formula is C15H21NO2. The summed E-state index contributed by atoms with van der Waals surface area (Å²) in [4.78, 5) is 11.3. The van der Waals surface area contributed by atoms with Gasteiger partial charge in [-0.1, -0.05) is 56.0 Å². The second-order valence-corrected chi connectivity index (χ2v) is 5.08. The van der Waals surface area contributed by atoms with Crippen molar-refractivity contribution in [3.8, 4) is 0 Å². The molecule has 0 spiro atoms. The van der Waals surface area contributed by atoms with Crippen molar-refractivity contribution >= 4 is 5.97 Å². The minimum Gasteiger partial charge on any atom is -0.480 e. The monoisotopic (exact) mass is 247 g/mol. The maximum atomic E-state index is 11.3. The highest BCUT2D eigenvalue weighted by molar-refractivity contribution is 5.75. The molecule has 1 aromatic carbocycles. The lowest BCUT2D eigenvalue weighted by Crippen LogP contribution is -2.30. The van der Waals surface area contributed by atoms with Crippen LogP contribution in [0.1, 0.15) is 43.7 Å². The predicted octanol–water partition coefficient (Wildman–Crippen LogP) is 2.98. The SMILES string of the molecule is O=C(O)C(NCCC1CCCC1)c1ccccc1. The molecule has 0 saturated heterocycles. The van der Waals surface area contributed by atoms with Crippen molar-refractivity contribution in [2.24, 2.45) is 5.92 Å². The van der Waals surface area contributed by atoms with Crippen LogP contribution in [0.15, 0.2) is 30.3 Å². The van der Waals surface area contributed by atoms with E-state index < -0.39 is 12.0 Å². The van der Waals surface area contributed by atoms with Crippen molar-refractivity contribution in [3.05, 3.63) is 35.9 Å². The second-order valence-electron chi connectivity index (χ2n) is 5.08. The lowest BCUT2D eigenvalue weighted by molar-refractivity contribution is -0.139. The third-order valence-corrected chi connectivity index (χ3v) is 3.76. The molecule has 2 rings (SSSR count). The van der Waals surface area contributed by atoms with Crippen LogP contribution in [-0.2, 0) is 4.79 Å². The average Bonchev–Trinajstić information content (AvgIpc) is 2.88. The number of aliphatic carboxylic acids is 1. The maximum absolute atomic E-state index is 11.3. The van der Waals surface area contributed by atoms with Gasteiger partial charge in [0.25, 0.3) is 0 Å². The van der Waals surface area contributed by atoms with Crippen molar-refractivity contribution in [2.75, 3.05) is 6.54 Å². The third-order valence-electron chi connectivity index (χ3n) is 3.76. The fourth-order valence-corrected chi connectivity index (χ4v) is 2.72. The maximum Gasteiger partial charge on any atom is 0.325 e. The van der Waals surface area contributed by atoms with Crippen LogP contribution in [0.2, 0.25) is 0 Å². The molecule has 1 aliphatic rings. The normalized spacial score (nSPS) is 17.8. The Kier molecular flexibility index (Phi) is 4.76. The molecule has 1 fully saturated rings.